The number of aromatic nitrogens is 2. The van der Waals surface area contributed by atoms with Gasteiger partial charge in [-0.1, -0.05) is 16.8 Å². The van der Waals surface area contributed by atoms with Crippen molar-refractivity contribution >= 4 is 34.3 Å². The van der Waals surface area contributed by atoms with E-state index in [4.69, 9.17) is 25.9 Å². The summed E-state index contributed by atoms with van der Waals surface area (Å²) in [5.74, 6) is 0.234. The molecule has 0 bridgehead atoms. The van der Waals surface area contributed by atoms with Crippen LogP contribution in [0.2, 0.25) is 5.02 Å². The van der Waals surface area contributed by atoms with Crippen molar-refractivity contribution in [2.24, 2.45) is 5.16 Å². The second kappa shape index (κ2) is 10.2. The molecule has 0 saturated carbocycles. The molecule has 0 aliphatic carbocycles. The normalized spacial score (nSPS) is 18.0. The van der Waals surface area contributed by atoms with Crippen LogP contribution in [-0.2, 0) is 9.63 Å². The van der Waals surface area contributed by atoms with Crippen LogP contribution in [0.3, 0.4) is 0 Å². The standard InChI is InChI=1S/C24H25ClN4O5/c1-16(2)28-32-13-12-29-11-3-10-24(29,23(30)31)34-19-7-5-18(6-8-19)33-22-15-26-21-14-17(25)4-9-20(21)27-22/h4-9,14-15H,3,10-13H2,1-2H3,(H,30,31)/t24-/m1/s1. The van der Waals surface area contributed by atoms with Crippen molar-refractivity contribution in [2.75, 3.05) is 19.7 Å². The molecule has 1 aliphatic heterocycles. The highest BCUT2D eigenvalue weighted by molar-refractivity contribution is 6.31. The van der Waals surface area contributed by atoms with Gasteiger partial charge in [0.1, 0.15) is 18.1 Å². The number of benzene rings is 2. The van der Waals surface area contributed by atoms with Gasteiger partial charge in [-0.3, -0.25) is 4.90 Å². The van der Waals surface area contributed by atoms with E-state index in [0.29, 0.717) is 59.4 Å². The average molecular weight is 485 g/mol. The van der Waals surface area contributed by atoms with Crippen molar-refractivity contribution in [3.05, 3.63) is 53.7 Å². The summed E-state index contributed by atoms with van der Waals surface area (Å²) >= 11 is 5.98. The van der Waals surface area contributed by atoms with Crippen molar-refractivity contribution in [3.63, 3.8) is 0 Å². The zero-order chi connectivity index (χ0) is 24.1. The summed E-state index contributed by atoms with van der Waals surface area (Å²) in [4.78, 5) is 28.0. The van der Waals surface area contributed by atoms with Gasteiger partial charge in [-0.05, 0) is 62.7 Å². The molecule has 0 radical (unpaired) electrons. The summed E-state index contributed by atoms with van der Waals surface area (Å²) in [6.45, 7) is 4.91. The third kappa shape index (κ3) is 5.37. The second-order valence-corrected chi connectivity index (χ2v) is 8.51. The van der Waals surface area contributed by atoms with Gasteiger partial charge in [-0.15, -0.1) is 0 Å². The van der Waals surface area contributed by atoms with Gasteiger partial charge in [-0.2, -0.15) is 0 Å². The molecule has 34 heavy (non-hydrogen) atoms. The Bertz CT molecular complexity index is 1200. The van der Waals surface area contributed by atoms with Crippen LogP contribution in [0, 0.1) is 0 Å². The first kappa shape index (κ1) is 23.7. The summed E-state index contributed by atoms with van der Waals surface area (Å²) in [5, 5.41) is 14.5. The van der Waals surface area contributed by atoms with Crippen LogP contribution in [0.15, 0.2) is 53.8 Å². The Kier molecular flexibility index (Phi) is 7.14. The number of carboxylic acids is 1. The molecular formula is C24H25ClN4O5. The molecule has 2 aromatic carbocycles. The molecule has 1 aromatic heterocycles. The molecule has 1 fully saturated rings. The van der Waals surface area contributed by atoms with Crippen molar-refractivity contribution in [3.8, 4) is 17.4 Å². The fourth-order valence-electron chi connectivity index (χ4n) is 3.78. The molecule has 1 atom stereocenters. The second-order valence-electron chi connectivity index (χ2n) is 8.07. The maximum Gasteiger partial charge on any atom is 0.364 e. The predicted octanol–water partition coefficient (Wildman–Crippen LogP) is 4.74. The Morgan fingerprint density at radius 2 is 1.94 bits per heavy atom. The highest BCUT2D eigenvalue weighted by atomic mass is 35.5. The van der Waals surface area contributed by atoms with Crippen LogP contribution in [-0.4, -0.2) is 57.1 Å². The monoisotopic (exact) mass is 484 g/mol. The largest absolute Gasteiger partial charge is 0.477 e. The van der Waals surface area contributed by atoms with Gasteiger partial charge in [0.05, 0.1) is 22.9 Å². The van der Waals surface area contributed by atoms with Gasteiger partial charge in [-0.25, -0.2) is 14.8 Å². The van der Waals surface area contributed by atoms with E-state index < -0.39 is 11.7 Å². The van der Waals surface area contributed by atoms with Crippen molar-refractivity contribution in [1.29, 1.82) is 0 Å². The summed E-state index contributed by atoms with van der Waals surface area (Å²) < 4.78 is 11.8. The third-order valence-corrected chi connectivity index (χ3v) is 5.54. The van der Waals surface area contributed by atoms with Crippen LogP contribution in [0.1, 0.15) is 26.7 Å². The maximum atomic E-state index is 12.2. The van der Waals surface area contributed by atoms with Crippen LogP contribution >= 0.6 is 11.6 Å². The van der Waals surface area contributed by atoms with Gasteiger partial charge in [0, 0.05) is 24.5 Å². The number of hydrogen-bond acceptors (Lipinski definition) is 8. The average Bonchev–Trinajstić information content (AvgIpc) is 3.21. The van der Waals surface area contributed by atoms with E-state index in [2.05, 4.69) is 15.1 Å². The minimum atomic E-state index is -1.46. The summed E-state index contributed by atoms with van der Waals surface area (Å²) in [6, 6.07) is 12.0. The zero-order valence-electron chi connectivity index (χ0n) is 18.9. The fraction of sp³-hybridized carbons (Fsp3) is 0.333. The van der Waals surface area contributed by atoms with E-state index in [-0.39, 0.29) is 6.61 Å². The van der Waals surface area contributed by atoms with E-state index in [1.54, 1.807) is 47.4 Å². The van der Waals surface area contributed by atoms with Crippen molar-refractivity contribution in [1.82, 2.24) is 14.9 Å². The molecule has 1 N–H and O–H groups in total. The lowest BCUT2D eigenvalue weighted by atomic mass is 10.1. The lowest BCUT2D eigenvalue weighted by molar-refractivity contribution is -0.171. The van der Waals surface area contributed by atoms with Crippen LogP contribution in [0.25, 0.3) is 11.0 Å². The number of fused-ring (bicyclic) bond motifs is 1. The fourth-order valence-corrected chi connectivity index (χ4v) is 3.94. The molecule has 0 spiro atoms. The van der Waals surface area contributed by atoms with E-state index in [0.717, 1.165) is 5.71 Å². The molecule has 10 heteroatoms. The minimum Gasteiger partial charge on any atom is -0.477 e. The lowest BCUT2D eigenvalue weighted by Gasteiger charge is -2.34. The van der Waals surface area contributed by atoms with Gasteiger partial charge in [0.15, 0.2) is 0 Å². The predicted molar refractivity (Wildman–Crippen MR) is 128 cm³/mol. The Hall–Kier alpha value is -3.43. The van der Waals surface area contributed by atoms with Crippen molar-refractivity contribution < 1.29 is 24.2 Å². The molecule has 178 valence electrons. The van der Waals surface area contributed by atoms with E-state index in [1.165, 1.54) is 6.20 Å². The first-order valence-corrected chi connectivity index (χ1v) is 11.2. The zero-order valence-corrected chi connectivity index (χ0v) is 19.7. The molecule has 9 nitrogen and oxygen atoms in total. The minimum absolute atomic E-state index is 0.273. The number of rotatable bonds is 9. The number of halogens is 1. The number of carbonyl (C=O) groups is 1. The summed E-state index contributed by atoms with van der Waals surface area (Å²) in [6.07, 6.45) is 2.59. The highest BCUT2D eigenvalue weighted by Crippen LogP contribution is 2.33. The molecule has 2 heterocycles. The molecular weight excluding hydrogens is 460 g/mol. The molecule has 4 rings (SSSR count). The van der Waals surface area contributed by atoms with Gasteiger partial charge >= 0.3 is 5.97 Å². The molecule has 1 saturated heterocycles. The Morgan fingerprint density at radius 3 is 2.68 bits per heavy atom. The number of carboxylic acid groups (broad SMARTS) is 1. The Balaban J connectivity index is 1.44. The van der Waals surface area contributed by atoms with Gasteiger partial charge in [0.25, 0.3) is 5.72 Å². The third-order valence-electron chi connectivity index (χ3n) is 5.30. The maximum absolute atomic E-state index is 12.2. The Morgan fingerprint density at radius 1 is 1.18 bits per heavy atom. The van der Waals surface area contributed by atoms with Gasteiger partial charge in [0.2, 0.25) is 5.88 Å². The lowest BCUT2D eigenvalue weighted by Crippen LogP contribution is -2.55. The summed E-state index contributed by atoms with van der Waals surface area (Å²) in [7, 11) is 0. The van der Waals surface area contributed by atoms with E-state index >= 15 is 0 Å². The summed E-state index contributed by atoms with van der Waals surface area (Å²) in [5.41, 5.74) is 0.673. The first-order valence-electron chi connectivity index (χ1n) is 10.9. The molecule has 1 aliphatic rings. The Labute approximate surface area is 201 Å². The number of ether oxygens (including phenoxy) is 2. The quantitative estimate of drug-likeness (QED) is 0.263. The SMILES string of the molecule is CC(C)=NOCCN1CCC[C@@]1(Oc1ccc(Oc2cnc3cc(Cl)ccc3n2)cc1)C(=O)O. The van der Waals surface area contributed by atoms with E-state index in [1.807, 2.05) is 13.8 Å². The smallest absolute Gasteiger partial charge is 0.364 e. The number of nitrogens with zero attached hydrogens (tertiary/aromatic N) is 4. The topological polar surface area (TPSA) is 106 Å². The number of likely N-dealkylation sites (tertiary alicyclic amines) is 1. The van der Waals surface area contributed by atoms with Crippen LogP contribution in [0.5, 0.6) is 17.4 Å². The number of aliphatic carboxylic acids is 1. The number of hydrogen-bond donors (Lipinski definition) is 1. The molecule has 0 unspecified atom stereocenters. The first-order chi connectivity index (χ1) is 16.4. The van der Waals surface area contributed by atoms with Gasteiger partial charge < -0.3 is 19.4 Å². The molecule has 0 amide bonds. The van der Waals surface area contributed by atoms with Crippen LogP contribution in [0.4, 0.5) is 0 Å². The molecule has 3 aromatic rings. The number of oxime groups is 1. The van der Waals surface area contributed by atoms with Crippen molar-refractivity contribution in [2.45, 2.75) is 32.4 Å². The van der Waals surface area contributed by atoms with E-state index in [9.17, 15) is 9.90 Å². The van der Waals surface area contributed by atoms with Crippen LogP contribution < -0.4 is 9.47 Å². The highest BCUT2D eigenvalue weighted by Gasteiger charge is 2.50.